The van der Waals surface area contributed by atoms with Gasteiger partial charge in [-0.25, -0.2) is 0 Å². The summed E-state index contributed by atoms with van der Waals surface area (Å²) in [6.07, 6.45) is 3.93. The Bertz CT molecular complexity index is 273. The molecule has 0 amide bonds. The van der Waals surface area contributed by atoms with Crippen LogP contribution in [0.2, 0.25) is 0 Å². The van der Waals surface area contributed by atoms with Gasteiger partial charge in [0.2, 0.25) is 0 Å². The Morgan fingerprint density at radius 2 is 2.50 bits per heavy atom. The molecule has 0 radical (unpaired) electrons. The molecule has 0 aliphatic rings. The zero-order valence-electron chi connectivity index (χ0n) is 6.77. The third kappa shape index (κ3) is 1.83. The Hall–Kier alpha value is -1.35. The summed E-state index contributed by atoms with van der Waals surface area (Å²) >= 11 is 0. The van der Waals surface area contributed by atoms with Gasteiger partial charge in [-0.1, -0.05) is 6.08 Å². The second kappa shape index (κ2) is 3.88. The summed E-state index contributed by atoms with van der Waals surface area (Å²) < 4.78 is 0. The van der Waals surface area contributed by atoms with E-state index >= 15 is 0 Å². The van der Waals surface area contributed by atoms with E-state index in [4.69, 9.17) is 5.73 Å². The second-order valence-corrected chi connectivity index (χ2v) is 2.54. The van der Waals surface area contributed by atoms with Crippen LogP contribution < -0.4 is 5.73 Å². The molecule has 0 saturated carbocycles. The van der Waals surface area contributed by atoms with Crippen LogP contribution in [0.4, 0.5) is 0 Å². The van der Waals surface area contributed by atoms with E-state index in [1.807, 2.05) is 0 Å². The van der Waals surface area contributed by atoms with Gasteiger partial charge in [-0.2, -0.15) is 0 Å². The van der Waals surface area contributed by atoms with Gasteiger partial charge < -0.3 is 10.8 Å². The molecule has 0 unspecified atom stereocenters. The highest BCUT2D eigenvalue weighted by atomic mass is 16.3. The first-order valence-corrected chi connectivity index (χ1v) is 3.76. The molecule has 0 aliphatic carbocycles. The number of hydrogen-bond donors (Lipinski definition) is 2. The maximum atomic E-state index is 9.33. The van der Waals surface area contributed by atoms with E-state index in [-0.39, 0.29) is 11.8 Å². The van der Waals surface area contributed by atoms with Crippen LogP contribution in [0.1, 0.15) is 18.2 Å². The molecule has 0 fully saturated rings. The SMILES string of the molecule is C=CC[C@H](N)c1ncccc1O. The van der Waals surface area contributed by atoms with Crippen molar-refractivity contribution < 1.29 is 5.11 Å². The minimum atomic E-state index is -0.260. The van der Waals surface area contributed by atoms with Gasteiger partial charge >= 0.3 is 0 Å². The summed E-state index contributed by atoms with van der Waals surface area (Å²) in [6, 6.07) is 2.98. The zero-order valence-corrected chi connectivity index (χ0v) is 6.77. The molecule has 0 aromatic carbocycles. The fourth-order valence-electron chi connectivity index (χ4n) is 0.986. The smallest absolute Gasteiger partial charge is 0.138 e. The highest BCUT2D eigenvalue weighted by molar-refractivity contribution is 5.27. The summed E-state index contributed by atoms with van der Waals surface area (Å²) in [5.41, 5.74) is 6.24. The Kier molecular flexibility index (Phi) is 2.82. The molecule has 0 saturated heterocycles. The van der Waals surface area contributed by atoms with Gasteiger partial charge in [0.25, 0.3) is 0 Å². The van der Waals surface area contributed by atoms with Crippen LogP contribution >= 0.6 is 0 Å². The summed E-state index contributed by atoms with van der Waals surface area (Å²) in [5.74, 6) is 0.145. The summed E-state index contributed by atoms with van der Waals surface area (Å²) in [7, 11) is 0. The largest absolute Gasteiger partial charge is 0.506 e. The number of nitrogens with zero attached hydrogens (tertiary/aromatic N) is 1. The first-order chi connectivity index (χ1) is 5.75. The minimum Gasteiger partial charge on any atom is -0.506 e. The second-order valence-electron chi connectivity index (χ2n) is 2.54. The molecule has 1 aromatic rings. The topological polar surface area (TPSA) is 59.1 Å². The van der Waals surface area contributed by atoms with Gasteiger partial charge in [-0.15, -0.1) is 6.58 Å². The van der Waals surface area contributed by atoms with Crippen molar-refractivity contribution in [2.45, 2.75) is 12.5 Å². The number of pyridine rings is 1. The fraction of sp³-hybridized carbons (Fsp3) is 0.222. The number of aromatic hydroxyl groups is 1. The summed E-state index contributed by atoms with van der Waals surface area (Å²) in [5, 5.41) is 9.33. The van der Waals surface area contributed by atoms with Crippen LogP contribution in [0.5, 0.6) is 5.75 Å². The first kappa shape index (κ1) is 8.74. The van der Waals surface area contributed by atoms with Crippen LogP contribution in [-0.2, 0) is 0 Å². The van der Waals surface area contributed by atoms with Crippen molar-refractivity contribution in [1.29, 1.82) is 0 Å². The van der Waals surface area contributed by atoms with Crippen LogP contribution in [0.25, 0.3) is 0 Å². The molecule has 0 bridgehead atoms. The summed E-state index contributed by atoms with van der Waals surface area (Å²) in [6.45, 7) is 3.57. The predicted octanol–water partition coefficient (Wildman–Crippen LogP) is 1.36. The van der Waals surface area contributed by atoms with Crippen molar-refractivity contribution in [2.24, 2.45) is 5.73 Å². The minimum absolute atomic E-state index is 0.145. The van der Waals surface area contributed by atoms with Gasteiger partial charge in [0.1, 0.15) is 5.75 Å². The Balaban J connectivity index is 2.86. The average molecular weight is 164 g/mol. The molecular weight excluding hydrogens is 152 g/mol. The van der Waals surface area contributed by atoms with Crippen molar-refractivity contribution in [3.63, 3.8) is 0 Å². The van der Waals surface area contributed by atoms with Crippen molar-refractivity contribution in [3.8, 4) is 5.75 Å². The molecule has 12 heavy (non-hydrogen) atoms. The lowest BCUT2D eigenvalue weighted by atomic mass is 10.1. The van der Waals surface area contributed by atoms with E-state index in [9.17, 15) is 5.11 Å². The number of aromatic nitrogens is 1. The zero-order chi connectivity index (χ0) is 8.97. The highest BCUT2D eigenvalue weighted by Gasteiger charge is 2.09. The van der Waals surface area contributed by atoms with Gasteiger partial charge in [0.15, 0.2) is 0 Å². The van der Waals surface area contributed by atoms with Crippen LogP contribution in [0.3, 0.4) is 0 Å². The fourth-order valence-corrected chi connectivity index (χ4v) is 0.986. The van der Waals surface area contributed by atoms with Crippen molar-refractivity contribution in [3.05, 3.63) is 36.7 Å². The van der Waals surface area contributed by atoms with Crippen LogP contribution in [-0.4, -0.2) is 10.1 Å². The van der Waals surface area contributed by atoms with Gasteiger partial charge in [-0.3, -0.25) is 4.98 Å². The molecule has 1 heterocycles. The van der Waals surface area contributed by atoms with Gasteiger partial charge in [-0.05, 0) is 18.6 Å². The molecule has 1 rings (SSSR count). The Morgan fingerprint density at radius 3 is 3.08 bits per heavy atom. The third-order valence-electron chi connectivity index (χ3n) is 1.59. The molecule has 3 heteroatoms. The predicted molar refractivity (Wildman–Crippen MR) is 47.6 cm³/mol. The molecule has 64 valence electrons. The van der Waals surface area contributed by atoms with Crippen molar-refractivity contribution in [1.82, 2.24) is 4.98 Å². The number of rotatable bonds is 3. The Labute approximate surface area is 71.6 Å². The molecule has 3 N–H and O–H groups in total. The van der Waals surface area contributed by atoms with Crippen LogP contribution in [0, 0.1) is 0 Å². The number of nitrogens with two attached hydrogens (primary N) is 1. The van der Waals surface area contributed by atoms with Gasteiger partial charge in [0, 0.05) is 6.20 Å². The normalized spacial score (nSPS) is 12.4. The molecule has 0 spiro atoms. The number of hydrogen-bond acceptors (Lipinski definition) is 3. The third-order valence-corrected chi connectivity index (χ3v) is 1.59. The average Bonchev–Trinajstić information content (AvgIpc) is 2.05. The summed E-state index contributed by atoms with van der Waals surface area (Å²) in [4.78, 5) is 3.97. The van der Waals surface area contributed by atoms with Crippen LogP contribution in [0.15, 0.2) is 31.0 Å². The standard InChI is InChI=1S/C9H12N2O/c1-2-4-7(10)9-8(12)5-3-6-11-9/h2-3,5-7,12H,1,4,10H2/t7-/m0/s1. The van der Waals surface area contributed by atoms with E-state index in [0.717, 1.165) is 0 Å². The van der Waals surface area contributed by atoms with E-state index in [0.29, 0.717) is 12.1 Å². The Morgan fingerprint density at radius 1 is 1.75 bits per heavy atom. The quantitative estimate of drug-likeness (QED) is 0.663. The van der Waals surface area contributed by atoms with E-state index < -0.39 is 0 Å². The lowest BCUT2D eigenvalue weighted by Crippen LogP contribution is -2.10. The van der Waals surface area contributed by atoms with Crippen molar-refractivity contribution >= 4 is 0 Å². The van der Waals surface area contributed by atoms with E-state index in [2.05, 4.69) is 11.6 Å². The molecule has 1 aromatic heterocycles. The van der Waals surface area contributed by atoms with E-state index in [1.54, 1.807) is 24.4 Å². The first-order valence-electron chi connectivity index (χ1n) is 3.76. The van der Waals surface area contributed by atoms with Gasteiger partial charge in [0.05, 0.1) is 11.7 Å². The van der Waals surface area contributed by atoms with Crippen molar-refractivity contribution in [2.75, 3.05) is 0 Å². The molecule has 0 aliphatic heterocycles. The monoisotopic (exact) mass is 164 g/mol. The molecular formula is C9H12N2O. The maximum Gasteiger partial charge on any atom is 0.138 e. The molecule has 1 atom stereocenters. The highest BCUT2D eigenvalue weighted by Crippen LogP contribution is 2.21. The van der Waals surface area contributed by atoms with E-state index in [1.165, 1.54) is 0 Å². The lowest BCUT2D eigenvalue weighted by Gasteiger charge is -2.08. The molecule has 3 nitrogen and oxygen atoms in total. The maximum absolute atomic E-state index is 9.33. The lowest BCUT2D eigenvalue weighted by molar-refractivity contribution is 0.456.